The van der Waals surface area contributed by atoms with Crippen LogP contribution in [0, 0.1) is 0 Å². The smallest absolute Gasteiger partial charge is 0.339 e. The van der Waals surface area contributed by atoms with Gasteiger partial charge in [-0.05, 0) is 35.4 Å². The van der Waals surface area contributed by atoms with Gasteiger partial charge in [0.25, 0.3) is 0 Å². The van der Waals surface area contributed by atoms with Gasteiger partial charge in [-0.3, -0.25) is 0 Å². The Morgan fingerprint density at radius 1 is 0.714 bits per heavy atom. The van der Waals surface area contributed by atoms with Crippen molar-refractivity contribution in [2.24, 2.45) is 0 Å². The minimum atomic E-state index is -0.407. The van der Waals surface area contributed by atoms with Crippen LogP contribution in [0.5, 0.6) is 28.7 Å². The van der Waals surface area contributed by atoms with E-state index in [1.54, 1.807) is 58.8 Å². The molecule has 0 saturated carbocycles. The highest BCUT2D eigenvalue weighted by molar-refractivity contribution is 6.27. The second-order valence-corrected chi connectivity index (χ2v) is 5.91. The van der Waals surface area contributed by atoms with E-state index in [1.165, 1.54) is 7.11 Å². The van der Waals surface area contributed by atoms with Gasteiger partial charge in [-0.1, -0.05) is 6.07 Å². The van der Waals surface area contributed by atoms with Gasteiger partial charge in [0.1, 0.15) is 6.61 Å². The Morgan fingerprint density at radius 3 is 1.82 bits per heavy atom. The molecule has 0 amide bonds. The van der Waals surface area contributed by atoms with Gasteiger partial charge in [-0.25, -0.2) is 4.79 Å². The molecule has 2 aromatic carbocycles. The summed E-state index contributed by atoms with van der Waals surface area (Å²) in [4.78, 5) is 12.5. The zero-order valence-corrected chi connectivity index (χ0v) is 16.5. The molecule has 1 aliphatic heterocycles. The summed E-state index contributed by atoms with van der Waals surface area (Å²) in [5.41, 5.74) is 2.58. The molecular formula is C21H22O7. The van der Waals surface area contributed by atoms with Crippen molar-refractivity contribution >= 4 is 17.1 Å². The van der Waals surface area contributed by atoms with E-state index < -0.39 is 5.97 Å². The first-order valence-corrected chi connectivity index (χ1v) is 8.51. The molecule has 0 atom stereocenters. The van der Waals surface area contributed by atoms with E-state index in [0.717, 1.165) is 11.1 Å². The van der Waals surface area contributed by atoms with E-state index in [0.29, 0.717) is 39.9 Å². The maximum absolute atomic E-state index is 12.5. The summed E-state index contributed by atoms with van der Waals surface area (Å²) >= 11 is 0. The molecule has 0 bridgehead atoms. The maximum atomic E-state index is 12.5. The lowest BCUT2D eigenvalue weighted by Gasteiger charge is -2.15. The number of carbonyl (C=O) groups excluding carboxylic acids is 1. The highest BCUT2D eigenvalue weighted by Gasteiger charge is 2.29. The van der Waals surface area contributed by atoms with Crippen molar-refractivity contribution in [3.05, 3.63) is 41.5 Å². The third-order valence-corrected chi connectivity index (χ3v) is 4.54. The van der Waals surface area contributed by atoms with Crippen molar-refractivity contribution in [3.63, 3.8) is 0 Å². The molecule has 1 heterocycles. The van der Waals surface area contributed by atoms with Crippen molar-refractivity contribution < 1.29 is 33.2 Å². The predicted octanol–water partition coefficient (Wildman–Crippen LogP) is 3.20. The molecule has 0 aliphatic carbocycles. The maximum Gasteiger partial charge on any atom is 0.339 e. The molecule has 28 heavy (non-hydrogen) atoms. The van der Waals surface area contributed by atoms with Crippen LogP contribution >= 0.6 is 0 Å². The Morgan fingerprint density at radius 2 is 1.29 bits per heavy atom. The van der Waals surface area contributed by atoms with Crippen molar-refractivity contribution in [3.8, 4) is 28.7 Å². The van der Waals surface area contributed by atoms with E-state index >= 15 is 0 Å². The van der Waals surface area contributed by atoms with E-state index in [1.807, 2.05) is 0 Å². The molecule has 3 rings (SSSR count). The van der Waals surface area contributed by atoms with Crippen molar-refractivity contribution in [1.82, 2.24) is 0 Å². The molecule has 0 aromatic heterocycles. The van der Waals surface area contributed by atoms with Crippen LogP contribution in [0.3, 0.4) is 0 Å². The Hall–Kier alpha value is -3.35. The SMILES string of the molecule is COc1ccc(C2=C(c3cc(OC)c(OC)c(OC)c3)COC2=O)cc1OC. The van der Waals surface area contributed by atoms with Gasteiger partial charge in [0.05, 0.1) is 41.1 Å². The van der Waals surface area contributed by atoms with Crippen LogP contribution in [-0.2, 0) is 9.53 Å². The Kier molecular flexibility index (Phi) is 5.63. The fraction of sp³-hybridized carbons (Fsp3) is 0.286. The molecule has 7 heteroatoms. The Labute approximate surface area is 163 Å². The minimum Gasteiger partial charge on any atom is -0.493 e. The molecule has 1 aliphatic rings. The fourth-order valence-electron chi connectivity index (χ4n) is 3.17. The number of rotatable bonds is 7. The molecule has 0 fully saturated rings. The number of hydrogen-bond donors (Lipinski definition) is 0. The minimum absolute atomic E-state index is 0.140. The lowest BCUT2D eigenvalue weighted by molar-refractivity contribution is -0.133. The highest BCUT2D eigenvalue weighted by Crippen LogP contribution is 2.43. The van der Waals surface area contributed by atoms with Gasteiger partial charge < -0.3 is 28.4 Å². The van der Waals surface area contributed by atoms with Crippen LogP contribution in [0.25, 0.3) is 11.1 Å². The monoisotopic (exact) mass is 386 g/mol. The molecule has 2 aromatic rings. The second kappa shape index (κ2) is 8.12. The summed E-state index contributed by atoms with van der Waals surface area (Å²) in [5, 5.41) is 0. The van der Waals surface area contributed by atoms with Crippen molar-refractivity contribution in [1.29, 1.82) is 0 Å². The van der Waals surface area contributed by atoms with Crippen LogP contribution in [0.1, 0.15) is 11.1 Å². The summed E-state index contributed by atoms with van der Waals surface area (Å²) in [6.07, 6.45) is 0. The van der Waals surface area contributed by atoms with Gasteiger partial charge in [0.2, 0.25) is 5.75 Å². The van der Waals surface area contributed by atoms with Gasteiger partial charge in [-0.2, -0.15) is 0 Å². The number of esters is 1. The summed E-state index contributed by atoms with van der Waals surface area (Å²) in [6.45, 7) is 0.140. The average molecular weight is 386 g/mol. The number of methoxy groups -OCH3 is 5. The van der Waals surface area contributed by atoms with Gasteiger partial charge >= 0.3 is 5.97 Å². The van der Waals surface area contributed by atoms with E-state index in [4.69, 9.17) is 28.4 Å². The van der Waals surface area contributed by atoms with Gasteiger partial charge in [0, 0.05) is 5.57 Å². The van der Waals surface area contributed by atoms with Crippen LogP contribution in [0.4, 0.5) is 0 Å². The predicted molar refractivity (Wildman–Crippen MR) is 103 cm³/mol. The van der Waals surface area contributed by atoms with Crippen LogP contribution in [-0.4, -0.2) is 48.1 Å². The number of benzene rings is 2. The standard InChI is InChI=1S/C21H22O7/c1-23-15-7-6-12(8-16(15)24-2)19-14(11-28-21(19)22)13-9-17(25-3)20(27-5)18(10-13)26-4/h6-10H,11H2,1-5H3. The van der Waals surface area contributed by atoms with Gasteiger partial charge in [0.15, 0.2) is 23.0 Å². The van der Waals surface area contributed by atoms with Crippen molar-refractivity contribution in [2.45, 2.75) is 0 Å². The normalized spacial score (nSPS) is 13.2. The Bertz CT molecular complexity index is 905. The first-order valence-electron chi connectivity index (χ1n) is 8.51. The molecule has 0 saturated heterocycles. The number of carbonyl (C=O) groups is 1. The Balaban J connectivity index is 2.19. The third kappa shape index (κ3) is 3.31. The number of ether oxygens (including phenoxy) is 6. The molecule has 0 N–H and O–H groups in total. The number of cyclic esters (lactones) is 1. The lowest BCUT2D eigenvalue weighted by atomic mass is 9.96. The molecule has 0 spiro atoms. The first kappa shape index (κ1) is 19.4. The first-order chi connectivity index (χ1) is 13.6. The van der Waals surface area contributed by atoms with Crippen LogP contribution in [0.2, 0.25) is 0 Å². The molecule has 0 radical (unpaired) electrons. The zero-order valence-electron chi connectivity index (χ0n) is 16.5. The number of hydrogen-bond acceptors (Lipinski definition) is 7. The lowest BCUT2D eigenvalue weighted by Crippen LogP contribution is -2.00. The van der Waals surface area contributed by atoms with E-state index in [-0.39, 0.29) is 6.61 Å². The fourth-order valence-corrected chi connectivity index (χ4v) is 3.17. The van der Waals surface area contributed by atoms with Crippen LogP contribution in [0.15, 0.2) is 30.3 Å². The zero-order chi connectivity index (χ0) is 20.3. The van der Waals surface area contributed by atoms with Crippen LogP contribution < -0.4 is 23.7 Å². The van der Waals surface area contributed by atoms with Crippen molar-refractivity contribution in [2.75, 3.05) is 42.2 Å². The van der Waals surface area contributed by atoms with E-state index in [2.05, 4.69) is 0 Å². The molecular weight excluding hydrogens is 364 g/mol. The average Bonchev–Trinajstić information content (AvgIpc) is 3.13. The second-order valence-electron chi connectivity index (χ2n) is 5.91. The highest BCUT2D eigenvalue weighted by atomic mass is 16.5. The molecule has 148 valence electrons. The third-order valence-electron chi connectivity index (χ3n) is 4.54. The van der Waals surface area contributed by atoms with E-state index in [9.17, 15) is 4.79 Å². The summed E-state index contributed by atoms with van der Waals surface area (Å²) in [7, 11) is 7.73. The quantitative estimate of drug-likeness (QED) is 0.677. The topological polar surface area (TPSA) is 72.5 Å². The summed E-state index contributed by atoms with van der Waals surface area (Å²) < 4.78 is 32.2. The largest absolute Gasteiger partial charge is 0.493 e. The summed E-state index contributed by atoms with van der Waals surface area (Å²) in [6, 6.07) is 8.87. The molecule has 7 nitrogen and oxygen atoms in total. The molecule has 0 unspecified atom stereocenters. The summed E-state index contributed by atoms with van der Waals surface area (Å²) in [5.74, 6) is 2.16. The van der Waals surface area contributed by atoms with Gasteiger partial charge in [-0.15, -0.1) is 0 Å².